The fraction of sp³-hybridized carbons (Fsp3) is 0.333. The molecule has 4 nitrogen and oxygen atoms in total. The zero-order valence-electron chi connectivity index (χ0n) is 14.3. The monoisotopic (exact) mass is 463 g/mol. The highest BCUT2D eigenvalue weighted by atomic mass is 79.9. The fourth-order valence-electron chi connectivity index (χ4n) is 2.86. The molecule has 1 heterocycles. The zero-order valence-corrected chi connectivity index (χ0v) is 16.7. The van der Waals surface area contributed by atoms with Crippen molar-refractivity contribution >= 4 is 26.0 Å². The molecule has 0 spiro atoms. The van der Waals surface area contributed by atoms with Gasteiger partial charge >= 0.3 is 6.18 Å². The van der Waals surface area contributed by atoms with E-state index in [0.29, 0.717) is 17.3 Å². The van der Waals surface area contributed by atoms with Crippen molar-refractivity contribution in [3.05, 3.63) is 65.2 Å². The third-order valence-electron chi connectivity index (χ3n) is 4.36. The lowest BCUT2D eigenvalue weighted by atomic mass is 10.0. The Kier molecular flexibility index (Phi) is 5.67. The van der Waals surface area contributed by atoms with Crippen LogP contribution in [0.3, 0.4) is 0 Å². The second kappa shape index (κ2) is 7.54. The van der Waals surface area contributed by atoms with Crippen LogP contribution in [0.4, 0.5) is 13.2 Å². The van der Waals surface area contributed by atoms with Crippen molar-refractivity contribution in [1.82, 2.24) is 4.47 Å². The van der Waals surface area contributed by atoms with Gasteiger partial charge in [-0.2, -0.15) is 13.2 Å². The standard InChI is InChI=1S/C18H17BrF3NO3S/c1-12-2-8-16(9-3-12)27(24,25)23-15(11-19)10-17(26-23)13-4-6-14(7-5-13)18(20,21)22/h2-9,15,17H,10-11H2,1H3/t15-,17+/m0/s1. The first-order valence-corrected chi connectivity index (χ1v) is 10.7. The van der Waals surface area contributed by atoms with Gasteiger partial charge in [0.15, 0.2) is 0 Å². The Morgan fingerprint density at radius 1 is 1.11 bits per heavy atom. The van der Waals surface area contributed by atoms with Gasteiger partial charge in [0.05, 0.1) is 16.5 Å². The molecule has 2 atom stereocenters. The first-order valence-electron chi connectivity index (χ1n) is 8.14. The summed E-state index contributed by atoms with van der Waals surface area (Å²) in [5, 5.41) is 0.342. The molecule has 1 saturated heterocycles. The number of benzene rings is 2. The highest BCUT2D eigenvalue weighted by molar-refractivity contribution is 9.09. The molecule has 9 heteroatoms. The van der Waals surface area contributed by atoms with Crippen LogP contribution in [0.5, 0.6) is 0 Å². The number of alkyl halides is 4. The van der Waals surface area contributed by atoms with Crippen molar-refractivity contribution in [2.24, 2.45) is 0 Å². The van der Waals surface area contributed by atoms with E-state index in [2.05, 4.69) is 15.9 Å². The number of hydrogen-bond acceptors (Lipinski definition) is 3. The minimum atomic E-state index is -4.42. The van der Waals surface area contributed by atoms with Gasteiger partial charge in [0.2, 0.25) is 0 Å². The molecule has 0 amide bonds. The molecule has 1 aliphatic heterocycles. The second-order valence-corrected chi connectivity index (χ2v) is 8.76. The molecule has 146 valence electrons. The summed E-state index contributed by atoms with van der Waals surface area (Å²) in [7, 11) is -3.89. The van der Waals surface area contributed by atoms with Crippen molar-refractivity contribution in [3.63, 3.8) is 0 Å². The molecule has 2 aromatic carbocycles. The van der Waals surface area contributed by atoms with Crippen molar-refractivity contribution in [1.29, 1.82) is 0 Å². The molecule has 3 rings (SSSR count). The summed E-state index contributed by atoms with van der Waals surface area (Å²) in [6, 6.07) is 10.5. The molecule has 0 N–H and O–H groups in total. The van der Waals surface area contributed by atoms with Gasteiger partial charge in [0, 0.05) is 5.33 Å². The number of halogens is 4. The van der Waals surface area contributed by atoms with Crippen molar-refractivity contribution in [3.8, 4) is 0 Å². The minimum Gasteiger partial charge on any atom is -0.276 e. The van der Waals surface area contributed by atoms with E-state index >= 15 is 0 Å². The first kappa shape index (κ1) is 20.3. The summed E-state index contributed by atoms with van der Waals surface area (Å²) < 4.78 is 64.9. The average Bonchev–Trinajstić information content (AvgIpc) is 3.07. The highest BCUT2D eigenvalue weighted by Crippen LogP contribution is 2.38. The van der Waals surface area contributed by atoms with Crippen LogP contribution in [0, 0.1) is 6.92 Å². The van der Waals surface area contributed by atoms with Gasteiger partial charge in [-0.3, -0.25) is 4.84 Å². The number of hydroxylamine groups is 1. The largest absolute Gasteiger partial charge is 0.416 e. The van der Waals surface area contributed by atoms with E-state index in [0.717, 1.165) is 22.2 Å². The third kappa shape index (κ3) is 4.21. The highest BCUT2D eigenvalue weighted by Gasteiger charge is 2.42. The minimum absolute atomic E-state index is 0.104. The summed E-state index contributed by atoms with van der Waals surface area (Å²) in [5.74, 6) is 0. The lowest BCUT2D eigenvalue weighted by Crippen LogP contribution is -2.35. The second-order valence-electron chi connectivity index (χ2n) is 6.33. The van der Waals surface area contributed by atoms with E-state index in [1.165, 1.54) is 24.3 Å². The number of rotatable bonds is 4. The SMILES string of the molecule is Cc1ccc(S(=O)(=O)N2O[C@@H](c3ccc(C(F)(F)F)cc3)C[C@H]2CBr)cc1. The van der Waals surface area contributed by atoms with Crippen LogP contribution in [0.2, 0.25) is 0 Å². The molecule has 0 bridgehead atoms. The number of aryl methyl sites for hydroxylation is 1. The molecule has 2 aromatic rings. The van der Waals surface area contributed by atoms with Crippen LogP contribution >= 0.6 is 15.9 Å². The topological polar surface area (TPSA) is 46.6 Å². The molecule has 27 heavy (non-hydrogen) atoms. The zero-order chi connectivity index (χ0) is 19.8. The average molecular weight is 464 g/mol. The summed E-state index contributed by atoms with van der Waals surface area (Å²) in [6.07, 6.45) is -4.73. The van der Waals surface area contributed by atoms with Gasteiger partial charge < -0.3 is 0 Å². The maximum Gasteiger partial charge on any atom is 0.416 e. The Morgan fingerprint density at radius 3 is 2.22 bits per heavy atom. The van der Waals surface area contributed by atoms with E-state index in [1.807, 2.05) is 6.92 Å². The molecule has 0 aromatic heterocycles. The molecule has 0 saturated carbocycles. The van der Waals surface area contributed by atoms with Crippen LogP contribution in [0.15, 0.2) is 53.4 Å². The summed E-state index contributed by atoms with van der Waals surface area (Å²) in [4.78, 5) is 5.76. The quantitative estimate of drug-likeness (QED) is 0.609. The van der Waals surface area contributed by atoms with Gasteiger partial charge in [-0.25, -0.2) is 8.42 Å². The van der Waals surface area contributed by atoms with Crippen LogP contribution in [-0.2, 0) is 21.0 Å². The Morgan fingerprint density at radius 2 is 1.70 bits per heavy atom. The summed E-state index contributed by atoms with van der Waals surface area (Å²) in [6.45, 7) is 1.85. The first-order chi connectivity index (χ1) is 12.6. The third-order valence-corrected chi connectivity index (χ3v) is 6.83. The van der Waals surface area contributed by atoms with E-state index < -0.39 is 33.9 Å². The fourth-order valence-corrected chi connectivity index (χ4v) is 5.03. The van der Waals surface area contributed by atoms with Crippen LogP contribution in [0.1, 0.15) is 29.2 Å². The smallest absolute Gasteiger partial charge is 0.276 e. The Hall–Kier alpha value is -1.42. The molecule has 0 unspecified atom stereocenters. The lowest BCUT2D eigenvalue weighted by Gasteiger charge is -2.21. The Labute approximate surface area is 164 Å². The number of sulfonamides is 1. The summed E-state index contributed by atoms with van der Waals surface area (Å²) >= 11 is 3.30. The van der Waals surface area contributed by atoms with Gasteiger partial charge in [0.25, 0.3) is 10.0 Å². The van der Waals surface area contributed by atoms with Crippen molar-refractivity contribution < 1.29 is 26.4 Å². The van der Waals surface area contributed by atoms with Gasteiger partial charge in [-0.1, -0.05) is 50.2 Å². The maximum atomic E-state index is 12.9. The predicted octanol–water partition coefficient (Wildman–Crippen LogP) is 4.84. The maximum absolute atomic E-state index is 12.9. The van der Waals surface area contributed by atoms with E-state index in [9.17, 15) is 21.6 Å². The van der Waals surface area contributed by atoms with Crippen LogP contribution in [0.25, 0.3) is 0 Å². The van der Waals surface area contributed by atoms with Crippen molar-refractivity contribution in [2.45, 2.75) is 36.6 Å². The van der Waals surface area contributed by atoms with Crippen molar-refractivity contribution in [2.75, 3.05) is 5.33 Å². The Bertz CT molecular complexity index is 899. The Balaban J connectivity index is 1.86. The lowest BCUT2D eigenvalue weighted by molar-refractivity contribution is -0.137. The van der Waals surface area contributed by atoms with Gasteiger partial charge in [-0.05, 0) is 43.2 Å². The molecule has 0 aliphatic carbocycles. The molecule has 1 fully saturated rings. The molecule has 0 radical (unpaired) electrons. The summed E-state index contributed by atoms with van der Waals surface area (Å²) in [5.41, 5.74) is 0.664. The van der Waals surface area contributed by atoms with Gasteiger partial charge in [-0.15, -0.1) is 0 Å². The van der Waals surface area contributed by atoms with Crippen LogP contribution in [-0.4, -0.2) is 24.3 Å². The van der Waals surface area contributed by atoms with E-state index in [-0.39, 0.29) is 4.90 Å². The normalized spacial score (nSPS) is 21.5. The van der Waals surface area contributed by atoms with Gasteiger partial charge in [0.1, 0.15) is 6.10 Å². The molecule has 1 aliphatic rings. The van der Waals surface area contributed by atoms with E-state index in [1.54, 1.807) is 12.1 Å². The van der Waals surface area contributed by atoms with E-state index in [4.69, 9.17) is 4.84 Å². The number of hydrogen-bond donors (Lipinski definition) is 0. The predicted molar refractivity (Wildman–Crippen MR) is 97.7 cm³/mol. The molecular weight excluding hydrogens is 447 g/mol. The molecular formula is C18H17BrF3NO3S. The number of nitrogens with zero attached hydrogens (tertiary/aromatic N) is 1. The van der Waals surface area contributed by atoms with Crippen LogP contribution < -0.4 is 0 Å².